The number of nitrogens with one attached hydrogen (secondary N) is 1. The number of carbonyl (C=O) groups excluding carboxylic acids is 1. The van der Waals surface area contributed by atoms with Crippen LogP contribution in [0.3, 0.4) is 0 Å². The summed E-state index contributed by atoms with van der Waals surface area (Å²) in [5.74, 6) is 1.19. The monoisotopic (exact) mass is 660 g/mol. The highest BCUT2D eigenvalue weighted by molar-refractivity contribution is 5.67. The van der Waals surface area contributed by atoms with Gasteiger partial charge in [-0.25, -0.2) is 4.79 Å². The van der Waals surface area contributed by atoms with Crippen LogP contribution >= 0.6 is 0 Å². The first-order valence-electron chi connectivity index (χ1n) is 15.9. The Bertz CT molecular complexity index is 1870. The van der Waals surface area contributed by atoms with Gasteiger partial charge in [0.25, 0.3) is 0 Å². The summed E-state index contributed by atoms with van der Waals surface area (Å²) in [6.45, 7) is 7.76. The number of alkyl carbamates (subject to hydrolysis) is 1. The van der Waals surface area contributed by atoms with Gasteiger partial charge in [-0.05, 0) is 85.0 Å². The van der Waals surface area contributed by atoms with Crippen LogP contribution in [0.5, 0.6) is 0 Å². The van der Waals surface area contributed by atoms with Crippen molar-refractivity contribution in [3.63, 3.8) is 0 Å². The summed E-state index contributed by atoms with van der Waals surface area (Å²) in [5.41, 5.74) is 11.3. The highest BCUT2D eigenvalue weighted by Gasteiger charge is 2.15. The van der Waals surface area contributed by atoms with E-state index in [-0.39, 0.29) is 0 Å². The maximum atomic E-state index is 11.7. The molecule has 4 heterocycles. The Morgan fingerprint density at radius 1 is 0.714 bits per heavy atom. The van der Waals surface area contributed by atoms with E-state index in [4.69, 9.17) is 10.5 Å². The molecule has 0 atom stereocenters. The van der Waals surface area contributed by atoms with Gasteiger partial charge in [-0.2, -0.15) is 9.59 Å². The molecule has 0 unspecified atom stereocenters. The molecule has 0 saturated carbocycles. The lowest BCUT2D eigenvalue weighted by atomic mass is 10.1. The van der Waals surface area contributed by atoms with Gasteiger partial charge in [0.2, 0.25) is 11.6 Å². The number of pyridine rings is 2. The van der Waals surface area contributed by atoms with Gasteiger partial charge in [0.15, 0.2) is 0 Å². The maximum Gasteiger partial charge on any atom is 0.407 e. The number of hydrogen-bond donors (Lipinski definition) is 2. The smallest absolute Gasteiger partial charge is 0.407 e. The van der Waals surface area contributed by atoms with Crippen molar-refractivity contribution in [2.24, 2.45) is 5.73 Å². The molecule has 0 radical (unpaired) electrons. The molecule has 0 fully saturated rings. The third kappa shape index (κ3) is 11.1. The molecule has 6 aromatic rings. The fourth-order valence-electron chi connectivity index (χ4n) is 4.59. The van der Waals surface area contributed by atoms with Gasteiger partial charge in [-0.15, -0.1) is 20.4 Å². The van der Waals surface area contributed by atoms with Crippen LogP contribution in [0.2, 0.25) is 0 Å². The van der Waals surface area contributed by atoms with Crippen LogP contribution in [-0.4, -0.2) is 75.2 Å². The molecule has 14 nitrogen and oxygen atoms in total. The summed E-state index contributed by atoms with van der Waals surface area (Å²) in [5, 5.41) is 28.0. The molecule has 0 saturated heterocycles. The summed E-state index contributed by atoms with van der Waals surface area (Å²) in [6, 6.07) is 23.7. The van der Waals surface area contributed by atoms with Crippen LogP contribution in [0.15, 0.2) is 97.6 Å². The Hall–Kier alpha value is -5.89. The Balaban J connectivity index is 0.000000199. The molecular formula is C35H40N12O2. The van der Waals surface area contributed by atoms with Crippen LogP contribution in [0.1, 0.15) is 43.0 Å². The molecule has 14 heteroatoms. The molecule has 4 aromatic heterocycles. The average molecular weight is 661 g/mol. The van der Waals surface area contributed by atoms with E-state index in [1.54, 1.807) is 34.4 Å². The number of nitrogens with zero attached hydrogens (tertiary/aromatic N) is 10. The molecule has 49 heavy (non-hydrogen) atoms. The second kappa shape index (κ2) is 16.8. The second-order valence-electron chi connectivity index (χ2n) is 12.1. The van der Waals surface area contributed by atoms with Crippen molar-refractivity contribution in [1.82, 2.24) is 55.7 Å². The number of ether oxygens (including phenoxy) is 1. The first kappa shape index (κ1) is 34.4. The van der Waals surface area contributed by atoms with Crippen molar-refractivity contribution in [2.45, 2.75) is 52.3 Å². The fraction of sp³-hybridized carbons (Fsp3) is 0.286. The molecule has 1 amide bonds. The molecule has 2 aromatic carbocycles. The quantitative estimate of drug-likeness (QED) is 0.204. The lowest BCUT2D eigenvalue weighted by Crippen LogP contribution is -2.33. The van der Waals surface area contributed by atoms with Gasteiger partial charge in [-0.1, -0.05) is 60.7 Å². The molecule has 0 aliphatic rings. The summed E-state index contributed by atoms with van der Waals surface area (Å²) in [6.07, 6.45) is 8.23. The normalized spacial score (nSPS) is 11.0. The topological polar surface area (TPSA) is 177 Å². The molecule has 0 aliphatic heterocycles. The zero-order valence-corrected chi connectivity index (χ0v) is 27.8. The van der Waals surface area contributed by atoms with Gasteiger partial charge < -0.3 is 15.8 Å². The standard InChI is InChI=1S/C20H24N6O2.C15H16N6/c1-20(2,3)28-19(27)22-12-10-15-6-8-17(9-7-15)18-23-25-26(24-18)14-16-5-4-11-21-13-16;16-8-7-12-3-5-14(6-4-12)15-18-20-21(19-15)11-13-2-1-9-17-10-13/h4-9,11,13H,10,12,14H2,1-3H3,(H,22,27);1-6,9-10H,7-8,11,16H2. The van der Waals surface area contributed by atoms with Crippen LogP contribution in [0.4, 0.5) is 4.79 Å². The van der Waals surface area contributed by atoms with E-state index in [2.05, 4.69) is 46.1 Å². The van der Waals surface area contributed by atoms with E-state index in [0.717, 1.165) is 34.2 Å². The molecule has 3 N–H and O–H groups in total. The van der Waals surface area contributed by atoms with Crippen LogP contribution in [0, 0.1) is 0 Å². The Morgan fingerprint density at radius 2 is 1.20 bits per heavy atom. The fourth-order valence-corrected chi connectivity index (χ4v) is 4.59. The first-order valence-corrected chi connectivity index (χ1v) is 15.9. The summed E-state index contributed by atoms with van der Waals surface area (Å²) >= 11 is 0. The number of hydrogen-bond acceptors (Lipinski definition) is 11. The Morgan fingerprint density at radius 3 is 1.63 bits per heavy atom. The highest BCUT2D eigenvalue weighted by Crippen LogP contribution is 2.16. The van der Waals surface area contributed by atoms with E-state index in [0.29, 0.717) is 44.2 Å². The molecule has 0 aliphatic carbocycles. The number of amides is 1. The van der Waals surface area contributed by atoms with Crippen LogP contribution < -0.4 is 11.1 Å². The van der Waals surface area contributed by atoms with Crippen molar-refractivity contribution in [1.29, 1.82) is 0 Å². The predicted octanol–water partition coefficient (Wildman–Crippen LogP) is 4.14. The highest BCUT2D eigenvalue weighted by atomic mass is 16.6. The number of tetrazole rings is 2. The second-order valence-corrected chi connectivity index (χ2v) is 12.1. The minimum Gasteiger partial charge on any atom is -0.444 e. The van der Waals surface area contributed by atoms with Crippen molar-refractivity contribution >= 4 is 6.09 Å². The van der Waals surface area contributed by atoms with Crippen molar-refractivity contribution in [3.05, 3.63) is 120 Å². The average Bonchev–Trinajstić information content (AvgIpc) is 3.76. The lowest BCUT2D eigenvalue weighted by molar-refractivity contribution is 0.0528. The summed E-state index contributed by atoms with van der Waals surface area (Å²) < 4.78 is 5.22. The van der Waals surface area contributed by atoms with E-state index in [1.807, 2.05) is 93.6 Å². The summed E-state index contributed by atoms with van der Waals surface area (Å²) in [4.78, 5) is 22.9. The van der Waals surface area contributed by atoms with E-state index < -0.39 is 11.7 Å². The molecular weight excluding hydrogens is 620 g/mol. The third-order valence-electron chi connectivity index (χ3n) is 6.94. The molecule has 252 valence electrons. The zero-order valence-electron chi connectivity index (χ0n) is 27.8. The minimum atomic E-state index is -0.493. The van der Waals surface area contributed by atoms with Gasteiger partial charge in [0.05, 0.1) is 13.1 Å². The number of rotatable bonds is 11. The SMILES string of the molecule is CC(C)(C)OC(=O)NCCc1ccc(-c2nnn(Cc3cccnc3)n2)cc1.NCCc1ccc(-c2nnn(Cc3cccnc3)n2)cc1. The zero-order chi connectivity index (χ0) is 34.5. The lowest BCUT2D eigenvalue weighted by Gasteiger charge is -2.19. The van der Waals surface area contributed by atoms with Crippen molar-refractivity contribution in [2.75, 3.05) is 13.1 Å². The van der Waals surface area contributed by atoms with Crippen LogP contribution in [0.25, 0.3) is 22.8 Å². The van der Waals surface area contributed by atoms with Crippen LogP contribution in [-0.2, 0) is 30.7 Å². The maximum absolute atomic E-state index is 11.7. The van der Waals surface area contributed by atoms with Crippen molar-refractivity contribution < 1.29 is 9.53 Å². The van der Waals surface area contributed by atoms with Crippen molar-refractivity contribution in [3.8, 4) is 22.8 Å². The number of nitrogens with two attached hydrogens (primary N) is 1. The molecule has 6 rings (SSSR count). The van der Waals surface area contributed by atoms with E-state index >= 15 is 0 Å². The van der Waals surface area contributed by atoms with Gasteiger partial charge in [0, 0.05) is 42.5 Å². The summed E-state index contributed by atoms with van der Waals surface area (Å²) in [7, 11) is 0. The van der Waals surface area contributed by atoms with Gasteiger partial charge >= 0.3 is 6.09 Å². The first-order chi connectivity index (χ1) is 23.7. The largest absolute Gasteiger partial charge is 0.444 e. The van der Waals surface area contributed by atoms with Gasteiger partial charge in [0.1, 0.15) is 5.60 Å². The van der Waals surface area contributed by atoms with Gasteiger partial charge in [-0.3, -0.25) is 9.97 Å². The minimum absolute atomic E-state index is 0.404. The number of benzene rings is 2. The predicted molar refractivity (Wildman–Crippen MR) is 184 cm³/mol. The number of aromatic nitrogens is 10. The van der Waals surface area contributed by atoms with E-state index in [9.17, 15) is 4.79 Å². The van der Waals surface area contributed by atoms with E-state index in [1.165, 1.54) is 5.56 Å². The number of carbonyl (C=O) groups is 1. The Kier molecular flexibility index (Phi) is 11.8. The molecule has 0 spiro atoms. The Labute approximate surface area is 284 Å². The third-order valence-corrected chi connectivity index (χ3v) is 6.94. The molecule has 0 bridgehead atoms.